The van der Waals surface area contributed by atoms with E-state index in [1.165, 1.54) is 4.57 Å². The molecule has 192 valence electrons. The summed E-state index contributed by atoms with van der Waals surface area (Å²) in [7, 11) is 5.22. The van der Waals surface area contributed by atoms with E-state index in [4.69, 9.17) is 9.47 Å². The second-order valence-corrected chi connectivity index (χ2v) is 8.91. The standard InChI is InChI=1S/C27H31F3N4O2/c1-33-14-11-19(12-15-33)32-23-7-4-8-25-22(23)16-20(34(25)18-27(28,29)30)6-5-13-31-24-10-9-21(35-2)17-26(24)36-3/h4,7-10,16-17,19,31-32H,11-15,18H2,1-3H3. The van der Waals surface area contributed by atoms with Gasteiger partial charge in [0, 0.05) is 23.2 Å². The van der Waals surface area contributed by atoms with Crippen LogP contribution in [-0.2, 0) is 6.54 Å². The number of nitrogens with zero attached hydrogens (tertiary/aromatic N) is 2. The van der Waals surface area contributed by atoms with Crippen molar-refractivity contribution in [3.8, 4) is 23.3 Å². The number of aromatic nitrogens is 1. The third-order valence-corrected chi connectivity index (χ3v) is 6.35. The average Bonchev–Trinajstić information content (AvgIpc) is 3.20. The van der Waals surface area contributed by atoms with Gasteiger partial charge in [0.2, 0.25) is 0 Å². The van der Waals surface area contributed by atoms with E-state index in [9.17, 15) is 13.2 Å². The van der Waals surface area contributed by atoms with Crippen molar-refractivity contribution < 1.29 is 22.6 Å². The Labute approximate surface area is 209 Å². The molecular formula is C27H31F3N4O2. The minimum atomic E-state index is -4.37. The van der Waals surface area contributed by atoms with Gasteiger partial charge < -0.3 is 29.6 Å². The highest BCUT2D eigenvalue weighted by Gasteiger charge is 2.30. The van der Waals surface area contributed by atoms with Gasteiger partial charge in [-0.15, -0.1) is 0 Å². The maximum atomic E-state index is 13.5. The Morgan fingerprint density at radius 2 is 1.81 bits per heavy atom. The highest BCUT2D eigenvalue weighted by atomic mass is 19.4. The zero-order chi connectivity index (χ0) is 25.7. The second kappa shape index (κ2) is 11.0. The number of piperidine rings is 1. The fourth-order valence-electron chi connectivity index (χ4n) is 4.46. The van der Waals surface area contributed by atoms with Crippen LogP contribution in [0.1, 0.15) is 18.5 Å². The summed E-state index contributed by atoms with van der Waals surface area (Å²) in [5, 5.41) is 7.45. The Bertz CT molecular complexity index is 1250. The molecule has 0 saturated carbocycles. The van der Waals surface area contributed by atoms with Crippen LogP contribution in [0.15, 0.2) is 42.5 Å². The molecule has 0 amide bonds. The molecule has 0 atom stereocenters. The van der Waals surface area contributed by atoms with Crippen molar-refractivity contribution in [2.24, 2.45) is 0 Å². The lowest BCUT2D eigenvalue weighted by atomic mass is 10.0. The first-order valence-electron chi connectivity index (χ1n) is 11.9. The van der Waals surface area contributed by atoms with Crippen LogP contribution in [0.2, 0.25) is 0 Å². The molecule has 2 heterocycles. The number of ether oxygens (including phenoxy) is 2. The summed E-state index contributed by atoms with van der Waals surface area (Å²) in [6.07, 6.45) is -2.39. The molecule has 36 heavy (non-hydrogen) atoms. The average molecular weight is 501 g/mol. The van der Waals surface area contributed by atoms with Gasteiger partial charge in [-0.05, 0) is 69.2 Å². The third kappa shape index (κ3) is 6.18. The third-order valence-electron chi connectivity index (χ3n) is 6.35. The number of benzene rings is 2. The Morgan fingerprint density at radius 1 is 1.03 bits per heavy atom. The second-order valence-electron chi connectivity index (χ2n) is 8.91. The summed E-state index contributed by atoms with van der Waals surface area (Å²) < 4.78 is 52.2. The van der Waals surface area contributed by atoms with Crippen molar-refractivity contribution in [2.45, 2.75) is 31.6 Å². The van der Waals surface area contributed by atoms with Crippen LogP contribution < -0.4 is 20.1 Å². The fourth-order valence-corrected chi connectivity index (χ4v) is 4.46. The number of methoxy groups -OCH3 is 2. The monoisotopic (exact) mass is 500 g/mol. The molecule has 0 spiro atoms. The van der Waals surface area contributed by atoms with Crippen LogP contribution in [0, 0.1) is 11.8 Å². The van der Waals surface area contributed by atoms with Crippen molar-refractivity contribution >= 4 is 22.3 Å². The van der Waals surface area contributed by atoms with Crippen LogP contribution in [-0.4, -0.2) is 62.6 Å². The van der Waals surface area contributed by atoms with Gasteiger partial charge in [0.05, 0.1) is 37.7 Å². The molecule has 1 aliphatic rings. The van der Waals surface area contributed by atoms with E-state index in [1.807, 2.05) is 6.07 Å². The minimum Gasteiger partial charge on any atom is -0.497 e. The number of halogens is 3. The SMILES string of the molecule is COc1ccc(NCC#Cc2cc3c(NC4CCN(C)CC4)cccc3n2CC(F)(F)F)c(OC)c1. The summed E-state index contributed by atoms with van der Waals surface area (Å²) in [6.45, 7) is 1.12. The van der Waals surface area contributed by atoms with Crippen molar-refractivity contribution in [1.82, 2.24) is 9.47 Å². The highest BCUT2D eigenvalue weighted by Crippen LogP contribution is 2.32. The molecule has 2 N–H and O–H groups in total. The van der Waals surface area contributed by atoms with Crippen LogP contribution in [0.4, 0.5) is 24.5 Å². The predicted octanol–water partition coefficient (Wildman–Crippen LogP) is 5.19. The molecule has 2 aromatic carbocycles. The van der Waals surface area contributed by atoms with Crippen molar-refractivity contribution in [2.75, 3.05) is 51.5 Å². The summed E-state index contributed by atoms with van der Waals surface area (Å²) >= 11 is 0. The van der Waals surface area contributed by atoms with Crippen molar-refractivity contribution in [1.29, 1.82) is 0 Å². The Hall–Kier alpha value is -3.51. The maximum absolute atomic E-state index is 13.5. The molecule has 0 unspecified atom stereocenters. The summed E-state index contributed by atoms with van der Waals surface area (Å²) in [5.74, 6) is 7.15. The van der Waals surface area contributed by atoms with E-state index < -0.39 is 12.7 Å². The number of anilines is 2. The molecule has 1 aromatic heterocycles. The molecule has 0 aliphatic carbocycles. The number of nitrogens with one attached hydrogen (secondary N) is 2. The highest BCUT2D eigenvalue weighted by molar-refractivity contribution is 5.94. The smallest absolute Gasteiger partial charge is 0.406 e. The largest absolute Gasteiger partial charge is 0.497 e. The van der Waals surface area contributed by atoms with Crippen LogP contribution in [0.25, 0.3) is 10.9 Å². The van der Waals surface area contributed by atoms with Gasteiger partial charge in [-0.3, -0.25) is 0 Å². The van der Waals surface area contributed by atoms with Crippen LogP contribution >= 0.6 is 0 Å². The predicted molar refractivity (Wildman–Crippen MR) is 137 cm³/mol. The van der Waals surface area contributed by atoms with Gasteiger partial charge in [0.15, 0.2) is 0 Å². The van der Waals surface area contributed by atoms with Gasteiger partial charge in [-0.2, -0.15) is 13.2 Å². The van der Waals surface area contributed by atoms with E-state index in [0.29, 0.717) is 28.4 Å². The van der Waals surface area contributed by atoms with Gasteiger partial charge in [-0.1, -0.05) is 12.0 Å². The molecule has 9 heteroatoms. The number of fused-ring (bicyclic) bond motifs is 1. The molecule has 6 nitrogen and oxygen atoms in total. The fraction of sp³-hybridized carbons (Fsp3) is 0.407. The number of likely N-dealkylation sites (tertiary alicyclic amines) is 1. The Morgan fingerprint density at radius 3 is 2.50 bits per heavy atom. The molecular weight excluding hydrogens is 469 g/mol. The molecule has 0 bridgehead atoms. The minimum absolute atomic E-state index is 0.233. The molecule has 1 aliphatic heterocycles. The van der Waals surface area contributed by atoms with E-state index in [0.717, 1.165) is 37.0 Å². The lowest BCUT2D eigenvalue weighted by molar-refractivity contribution is -0.140. The maximum Gasteiger partial charge on any atom is 0.406 e. The lowest BCUT2D eigenvalue weighted by Gasteiger charge is -2.30. The Balaban J connectivity index is 1.59. The summed E-state index contributed by atoms with van der Waals surface area (Å²) in [4.78, 5) is 2.28. The van der Waals surface area contributed by atoms with Gasteiger partial charge >= 0.3 is 6.18 Å². The number of alkyl halides is 3. The summed E-state index contributed by atoms with van der Waals surface area (Å²) in [5.41, 5.74) is 2.39. The van der Waals surface area contributed by atoms with Crippen molar-refractivity contribution in [3.05, 3.63) is 48.2 Å². The zero-order valence-electron chi connectivity index (χ0n) is 20.7. The lowest BCUT2D eigenvalue weighted by Crippen LogP contribution is -2.36. The first-order chi connectivity index (χ1) is 17.3. The van der Waals surface area contributed by atoms with E-state index in [1.54, 1.807) is 50.6 Å². The van der Waals surface area contributed by atoms with E-state index in [2.05, 4.69) is 34.4 Å². The van der Waals surface area contributed by atoms with Gasteiger partial charge in [-0.25, -0.2) is 0 Å². The number of hydrogen-bond acceptors (Lipinski definition) is 5. The topological polar surface area (TPSA) is 50.7 Å². The van der Waals surface area contributed by atoms with E-state index in [-0.39, 0.29) is 12.6 Å². The van der Waals surface area contributed by atoms with Gasteiger partial charge in [0.25, 0.3) is 0 Å². The number of hydrogen-bond donors (Lipinski definition) is 2. The summed E-state index contributed by atoms with van der Waals surface area (Å²) in [6, 6.07) is 12.8. The first-order valence-corrected chi connectivity index (χ1v) is 11.9. The molecule has 0 radical (unpaired) electrons. The molecule has 1 fully saturated rings. The quantitative estimate of drug-likeness (QED) is 0.438. The van der Waals surface area contributed by atoms with Crippen LogP contribution in [0.3, 0.4) is 0 Å². The molecule has 1 saturated heterocycles. The first kappa shape index (κ1) is 25.6. The molecule has 4 rings (SSSR count). The Kier molecular flexibility index (Phi) is 7.85. The van der Waals surface area contributed by atoms with Crippen LogP contribution in [0.5, 0.6) is 11.5 Å². The van der Waals surface area contributed by atoms with E-state index >= 15 is 0 Å². The molecule has 3 aromatic rings. The normalized spacial score (nSPS) is 14.8. The van der Waals surface area contributed by atoms with Gasteiger partial charge in [0.1, 0.15) is 18.0 Å². The number of rotatable bonds is 7. The van der Waals surface area contributed by atoms with Crippen molar-refractivity contribution in [3.63, 3.8) is 0 Å². The zero-order valence-corrected chi connectivity index (χ0v) is 20.7.